The van der Waals surface area contributed by atoms with Gasteiger partial charge in [0.05, 0.1) is 35.4 Å². The maximum atomic E-state index is 13.0. The van der Waals surface area contributed by atoms with E-state index in [0.717, 1.165) is 14.2 Å². The monoisotopic (exact) mass is 478 g/mol. The topological polar surface area (TPSA) is 161 Å². The number of amides is 3. The largest absolute Gasteiger partial charge is 0.453 e. The van der Waals surface area contributed by atoms with Gasteiger partial charge in [-0.15, -0.1) is 4.99 Å². The van der Waals surface area contributed by atoms with E-state index in [1.54, 1.807) is 18.2 Å². The molecule has 0 aromatic heterocycles. The summed E-state index contributed by atoms with van der Waals surface area (Å²) < 4.78 is 39.7. The number of nitrogens with one attached hydrogen (secondary N) is 3. The smallest absolute Gasteiger partial charge is 0.436 e. The standard InChI is InChI=1S/C20H22N4O8S/c1-30-12-17(25)21-16-11-14(33(28,29)13-7-5-4-6-8-13)9-10-15(16)22-18(23-19(26)31-2)24-20(27)32-3/h4-11H,12H2,1-3H3,(H,21,25)(H2,22,23,24,26,27). The molecule has 0 heterocycles. The maximum Gasteiger partial charge on any atom is 0.436 e. The molecule has 2 aromatic carbocycles. The number of alkyl carbamates (subject to hydrolysis) is 1. The number of carbonyl (C=O) groups excluding carboxylic acids is 3. The van der Waals surface area contributed by atoms with Crippen molar-refractivity contribution < 1.29 is 37.0 Å². The van der Waals surface area contributed by atoms with Crippen LogP contribution < -0.4 is 16.0 Å². The zero-order chi connectivity index (χ0) is 24.4. The number of hydrogen-bond acceptors (Lipinski definition) is 8. The molecular formula is C20H22N4O8S. The van der Waals surface area contributed by atoms with Gasteiger partial charge < -0.3 is 24.8 Å². The molecule has 0 aliphatic heterocycles. The Hall–Kier alpha value is -3.97. The van der Waals surface area contributed by atoms with E-state index in [4.69, 9.17) is 4.74 Å². The van der Waals surface area contributed by atoms with Crippen LogP contribution >= 0.6 is 0 Å². The number of anilines is 2. The van der Waals surface area contributed by atoms with Crippen LogP contribution in [0, 0.1) is 0 Å². The molecule has 3 amide bonds. The lowest BCUT2D eigenvalue weighted by Gasteiger charge is -2.16. The Morgan fingerprint density at radius 2 is 1.58 bits per heavy atom. The van der Waals surface area contributed by atoms with Crippen LogP contribution in [-0.4, -0.2) is 60.4 Å². The third kappa shape index (κ3) is 7.02. The third-order valence-corrected chi connectivity index (χ3v) is 5.71. The second-order valence-corrected chi connectivity index (χ2v) is 8.13. The number of methoxy groups -OCH3 is 3. The zero-order valence-electron chi connectivity index (χ0n) is 17.9. The van der Waals surface area contributed by atoms with Crippen LogP contribution in [0.5, 0.6) is 0 Å². The van der Waals surface area contributed by atoms with Gasteiger partial charge in [-0.2, -0.15) is 0 Å². The number of aliphatic imine (C=N–C) groups is 1. The molecular weight excluding hydrogens is 456 g/mol. The Morgan fingerprint density at radius 3 is 2.18 bits per heavy atom. The first-order chi connectivity index (χ1) is 15.7. The maximum absolute atomic E-state index is 13.0. The van der Waals surface area contributed by atoms with E-state index in [9.17, 15) is 22.8 Å². The average Bonchev–Trinajstić information content (AvgIpc) is 2.80. The molecule has 0 bridgehead atoms. The number of ether oxygens (including phenoxy) is 3. The van der Waals surface area contributed by atoms with Crippen molar-refractivity contribution in [3.05, 3.63) is 48.5 Å². The first-order valence-electron chi connectivity index (χ1n) is 9.23. The predicted octanol–water partition coefficient (Wildman–Crippen LogP) is 1.99. The van der Waals surface area contributed by atoms with Crippen LogP contribution in [0.1, 0.15) is 0 Å². The van der Waals surface area contributed by atoms with E-state index in [0.29, 0.717) is 0 Å². The van der Waals surface area contributed by atoms with Crippen molar-refractivity contribution >= 4 is 45.3 Å². The molecule has 0 spiro atoms. The van der Waals surface area contributed by atoms with E-state index in [-0.39, 0.29) is 27.8 Å². The van der Waals surface area contributed by atoms with Gasteiger partial charge in [0.2, 0.25) is 21.7 Å². The van der Waals surface area contributed by atoms with Crippen molar-refractivity contribution in [3.63, 3.8) is 0 Å². The summed E-state index contributed by atoms with van der Waals surface area (Å²) >= 11 is 0. The summed E-state index contributed by atoms with van der Waals surface area (Å²) in [5.41, 5.74) is 0.115. The van der Waals surface area contributed by atoms with Crippen molar-refractivity contribution in [2.45, 2.75) is 9.79 Å². The Kier molecular flexibility index (Phi) is 8.89. The van der Waals surface area contributed by atoms with Crippen molar-refractivity contribution in [2.24, 2.45) is 4.99 Å². The van der Waals surface area contributed by atoms with Crippen molar-refractivity contribution in [2.75, 3.05) is 38.6 Å². The molecule has 0 saturated carbocycles. The summed E-state index contributed by atoms with van der Waals surface area (Å²) in [6, 6.07) is 11.5. The van der Waals surface area contributed by atoms with Gasteiger partial charge in [0.1, 0.15) is 6.61 Å². The number of guanidine groups is 1. The number of benzene rings is 2. The van der Waals surface area contributed by atoms with Gasteiger partial charge in [0.15, 0.2) is 0 Å². The van der Waals surface area contributed by atoms with Crippen molar-refractivity contribution in [1.29, 1.82) is 0 Å². The quantitative estimate of drug-likeness (QED) is 0.416. The fourth-order valence-corrected chi connectivity index (χ4v) is 3.76. The van der Waals surface area contributed by atoms with Gasteiger partial charge >= 0.3 is 12.2 Å². The van der Waals surface area contributed by atoms with E-state index in [1.807, 2.05) is 0 Å². The van der Waals surface area contributed by atoms with Crippen molar-refractivity contribution in [3.8, 4) is 0 Å². The number of rotatable bonds is 6. The summed E-state index contributed by atoms with van der Waals surface area (Å²) in [5, 5.41) is 7.32. The van der Waals surface area contributed by atoms with Crippen LogP contribution in [0.3, 0.4) is 0 Å². The summed E-state index contributed by atoms with van der Waals surface area (Å²) in [5.74, 6) is -0.975. The highest BCUT2D eigenvalue weighted by Crippen LogP contribution is 2.29. The van der Waals surface area contributed by atoms with Crippen LogP contribution in [0.25, 0.3) is 0 Å². The molecule has 0 fully saturated rings. The van der Waals surface area contributed by atoms with Crippen LogP contribution in [0.4, 0.5) is 21.0 Å². The molecule has 12 nitrogen and oxygen atoms in total. The number of sulfone groups is 1. The van der Waals surface area contributed by atoms with Gasteiger partial charge in [-0.05, 0) is 30.3 Å². The average molecular weight is 478 g/mol. The van der Waals surface area contributed by atoms with Gasteiger partial charge in [-0.1, -0.05) is 18.2 Å². The molecule has 0 aliphatic carbocycles. The minimum absolute atomic E-state index is 0.0123. The zero-order valence-corrected chi connectivity index (χ0v) is 18.8. The molecule has 0 radical (unpaired) electrons. The van der Waals surface area contributed by atoms with E-state index < -0.39 is 33.9 Å². The Balaban J connectivity index is 2.52. The summed E-state index contributed by atoms with van der Waals surface area (Å²) in [4.78, 5) is 38.8. The molecule has 0 aliphatic rings. The van der Waals surface area contributed by atoms with E-state index in [2.05, 4.69) is 30.4 Å². The van der Waals surface area contributed by atoms with Crippen LogP contribution in [0.15, 0.2) is 63.3 Å². The molecule has 0 unspecified atom stereocenters. The molecule has 0 saturated heterocycles. The number of carbonyl (C=O) groups is 3. The molecule has 0 atom stereocenters. The summed E-state index contributed by atoms with van der Waals surface area (Å²) in [7, 11) is -0.403. The van der Waals surface area contributed by atoms with Gasteiger partial charge in [-0.25, -0.2) is 18.0 Å². The lowest BCUT2D eigenvalue weighted by atomic mass is 10.2. The number of nitrogens with zero attached hydrogens (tertiary/aromatic N) is 1. The first kappa shape index (κ1) is 25.3. The predicted molar refractivity (Wildman–Crippen MR) is 118 cm³/mol. The highest BCUT2D eigenvalue weighted by molar-refractivity contribution is 7.91. The second kappa shape index (κ2) is 11.6. The minimum atomic E-state index is -3.91. The first-order valence-corrected chi connectivity index (χ1v) is 10.7. The minimum Gasteiger partial charge on any atom is -0.453 e. The number of hydrogen-bond donors (Lipinski definition) is 3. The highest BCUT2D eigenvalue weighted by atomic mass is 32.2. The summed E-state index contributed by atoms with van der Waals surface area (Å²) in [6.45, 7) is -0.307. The lowest BCUT2D eigenvalue weighted by molar-refractivity contribution is -0.119. The molecule has 2 aromatic rings. The normalized spacial score (nSPS) is 11.3. The molecule has 13 heteroatoms. The van der Waals surface area contributed by atoms with Crippen LogP contribution in [-0.2, 0) is 28.8 Å². The molecule has 2 rings (SSSR count). The third-order valence-electron chi connectivity index (χ3n) is 3.94. The van der Waals surface area contributed by atoms with Crippen molar-refractivity contribution in [1.82, 2.24) is 5.32 Å². The molecule has 33 heavy (non-hydrogen) atoms. The van der Waals surface area contributed by atoms with Gasteiger partial charge in [0.25, 0.3) is 0 Å². The second-order valence-electron chi connectivity index (χ2n) is 6.18. The highest BCUT2D eigenvalue weighted by Gasteiger charge is 2.21. The SMILES string of the molecule is COCC(=O)Nc1cc(S(=O)(=O)c2ccccc2)ccc1N/C(=N\C(=O)OC)NC(=O)OC. The fourth-order valence-electron chi connectivity index (χ4n) is 2.46. The summed E-state index contributed by atoms with van der Waals surface area (Å²) in [6.07, 6.45) is -1.99. The molecule has 3 N–H and O–H groups in total. The molecule has 176 valence electrons. The Labute approximate surface area is 189 Å². The lowest BCUT2D eigenvalue weighted by Crippen LogP contribution is -2.37. The van der Waals surface area contributed by atoms with E-state index >= 15 is 0 Å². The Morgan fingerprint density at radius 1 is 0.879 bits per heavy atom. The fraction of sp³-hybridized carbons (Fsp3) is 0.200. The van der Waals surface area contributed by atoms with E-state index in [1.165, 1.54) is 37.4 Å². The van der Waals surface area contributed by atoms with Crippen LogP contribution in [0.2, 0.25) is 0 Å². The Bertz CT molecular complexity index is 1150. The van der Waals surface area contributed by atoms with Gasteiger partial charge in [0, 0.05) is 7.11 Å². The van der Waals surface area contributed by atoms with Gasteiger partial charge in [-0.3, -0.25) is 10.1 Å².